The molecule has 5 heteroatoms. The van der Waals surface area contributed by atoms with Gasteiger partial charge in [-0.25, -0.2) is 0 Å². The second kappa shape index (κ2) is 6.16. The Hall–Kier alpha value is -2.95. The van der Waals surface area contributed by atoms with E-state index in [-0.39, 0.29) is 11.9 Å². The summed E-state index contributed by atoms with van der Waals surface area (Å²) in [5, 5.41) is 7.19. The number of carbonyl (C=O) groups excluding carboxylic acids is 1. The van der Waals surface area contributed by atoms with Crippen LogP contribution in [-0.2, 0) is 13.5 Å². The lowest BCUT2D eigenvalue weighted by atomic mass is 10.0. The molecule has 3 aromatic rings. The van der Waals surface area contributed by atoms with E-state index in [0.717, 1.165) is 29.8 Å². The maximum atomic E-state index is 12.4. The van der Waals surface area contributed by atoms with Gasteiger partial charge in [0.25, 0.3) is 5.91 Å². The van der Waals surface area contributed by atoms with E-state index in [1.165, 1.54) is 11.1 Å². The Morgan fingerprint density at radius 3 is 2.88 bits per heavy atom. The molecule has 2 heterocycles. The summed E-state index contributed by atoms with van der Waals surface area (Å²) in [6, 6.07) is 14.3. The number of carbonyl (C=O) groups is 1. The van der Waals surface area contributed by atoms with Crippen LogP contribution in [0.2, 0.25) is 0 Å². The Morgan fingerprint density at radius 2 is 2.12 bits per heavy atom. The van der Waals surface area contributed by atoms with Crippen molar-refractivity contribution in [3.63, 3.8) is 0 Å². The second-order valence-corrected chi connectivity index (χ2v) is 6.48. The van der Waals surface area contributed by atoms with Crippen LogP contribution in [0.15, 0.2) is 48.7 Å². The van der Waals surface area contributed by atoms with Gasteiger partial charge in [0.1, 0.15) is 5.69 Å². The minimum Gasteiger partial charge on any atom is -0.344 e. The maximum absolute atomic E-state index is 12.4. The lowest BCUT2D eigenvalue weighted by molar-refractivity contribution is 0.0927. The van der Waals surface area contributed by atoms with E-state index in [0.29, 0.717) is 5.69 Å². The monoisotopic (exact) mass is 332 g/mol. The fourth-order valence-electron chi connectivity index (χ4n) is 3.46. The highest BCUT2D eigenvalue weighted by Crippen LogP contribution is 2.34. The van der Waals surface area contributed by atoms with Crippen LogP contribution in [0.1, 0.15) is 39.8 Å². The Labute approximate surface area is 146 Å². The molecule has 0 saturated carbocycles. The van der Waals surface area contributed by atoms with Crippen LogP contribution in [-0.4, -0.2) is 20.7 Å². The molecule has 0 aliphatic heterocycles. The average Bonchev–Trinajstić information content (AvgIpc) is 3.21. The summed E-state index contributed by atoms with van der Waals surface area (Å²) in [7, 11) is 1.78. The van der Waals surface area contributed by atoms with Crippen LogP contribution in [0.5, 0.6) is 0 Å². The molecular formula is C20H20N4O. The van der Waals surface area contributed by atoms with Gasteiger partial charge in [0.15, 0.2) is 0 Å². The number of hydrogen-bond acceptors (Lipinski definition) is 3. The molecule has 1 aromatic carbocycles. The topological polar surface area (TPSA) is 59.8 Å². The number of rotatable bonds is 3. The minimum atomic E-state index is -0.0812. The van der Waals surface area contributed by atoms with Crippen LogP contribution in [0.25, 0.3) is 11.3 Å². The lowest BCUT2D eigenvalue weighted by Crippen LogP contribution is -2.28. The number of fused-ring (bicyclic) bond motifs is 1. The molecule has 1 aliphatic carbocycles. The molecule has 5 nitrogen and oxygen atoms in total. The zero-order valence-corrected chi connectivity index (χ0v) is 14.4. The Bertz CT molecular complexity index is 944. The quantitative estimate of drug-likeness (QED) is 0.801. The van der Waals surface area contributed by atoms with E-state index in [2.05, 4.69) is 33.6 Å². The highest BCUT2D eigenvalue weighted by molar-refractivity contribution is 5.92. The lowest BCUT2D eigenvalue weighted by Gasteiger charge is -2.14. The number of hydrogen-bond donors (Lipinski definition) is 1. The molecule has 25 heavy (non-hydrogen) atoms. The van der Waals surface area contributed by atoms with Gasteiger partial charge in [-0.05, 0) is 55.2 Å². The fraction of sp³-hybridized carbons (Fsp3) is 0.250. The predicted molar refractivity (Wildman–Crippen MR) is 96.1 cm³/mol. The predicted octanol–water partition coefficient (Wildman–Crippen LogP) is 3.21. The fourth-order valence-corrected chi connectivity index (χ4v) is 3.46. The van der Waals surface area contributed by atoms with Gasteiger partial charge >= 0.3 is 0 Å². The molecule has 0 saturated heterocycles. The molecule has 0 radical (unpaired) electrons. The summed E-state index contributed by atoms with van der Waals surface area (Å²) in [5.74, 6) is -0.0812. The van der Waals surface area contributed by atoms with Crippen molar-refractivity contribution in [2.45, 2.75) is 25.8 Å². The number of benzene rings is 1. The number of aryl methyl sites for hydroxylation is 3. The van der Waals surface area contributed by atoms with Crippen molar-refractivity contribution in [1.29, 1.82) is 0 Å². The van der Waals surface area contributed by atoms with Gasteiger partial charge in [0, 0.05) is 24.5 Å². The first kappa shape index (κ1) is 15.6. The van der Waals surface area contributed by atoms with Gasteiger partial charge in [-0.1, -0.05) is 18.2 Å². The molecule has 1 N–H and O–H groups in total. The first-order valence-electron chi connectivity index (χ1n) is 8.47. The summed E-state index contributed by atoms with van der Waals surface area (Å²) in [4.78, 5) is 17.0. The van der Waals surface area contributed by atoms with Crippen LogP contribution >= 0.6 is 0 Å². The Balaban J connectivity index is 1.57. The van der Waals surface area contributed by atoms with E-state index < -0.39 is 0 Å². The van der Waals surface area contributed by atoms with Gasteiger partial charge in [0.05, 0.1) is 11.7 Å². The minimum absolute atomic E-state index is 0.0527. The smallest absolute Gasteiger partial charge is 0.270 e. The molecule has 1 atom stereocenters. The largest absolute Gasteiger partial charge is 0.344 e. The van der Waals surface area contributed by atoms with Crippen molar-refractivity contribution in [3.8, 4) is 11.3 Å². The van der Waals surface area contributed by atoms with Gasteiger partial charge < -0.3 is 5.32 Å². The summed E-state index contributed by atoms with van der Waals surface area (Å²) in [6.07, 6.45) is 3.52. The van der Waals surface area contributed by atoms with E-state index >= 15 is 0 Å². The average molecular weight is 332 g/mol. The third kappa shape index (κ3) is 2.93. The van der Waals surface area contributed by atoms with Gasteiger partial charge in [-0.3, -0.25) is 14.5 Å². The molecule has 126 valence electrons. The molecule has 1 amide bonds. The number of nitrogens with one attached hydrogen (secondary N) is 1. The highest BCUT2D eigenvalue weighted by atomic mass is 16.2. The third-order valence-corrected chi connectivity index (χ3v) is 4.76. The number of nitrogens with zero attached hydrogens (tertiary/aromatic N) is 3. The molecule has 0 bridgehead atoms. The molecule has 0 spiro atoms. The highest BCUT2D eigenvalue weighted by Gasteiger charge is 2.25. The molecule has 1 aliphatic rings. The summed E-state index contributed by atoms with van der Waals surface area (Å²) < 4.78 is 1.59. The summed E-state index contributed by atoms with van der Waals surface area (Å²) in [6.45, 7) is 2.00. The Morgan fingerprint density at radius 1 is 1.24 bits per heavy atom. The van der Waals surface area contributed by atoms with Crippen molar-refractivity contribution in [2.24, 2.45) is 7.05 Å². The summed E-state index contributed by atoms with van der Waals surface area (Å²) >= 11 is 0. The van der Waals surface area contributed by atoms with Crippen LogP contribution in [0.4, 0.5) is 0 Å². The SMILES string of the molecule is Cc1cccc(-c2ccc3c(c2)CC[C@H]3NC(=O)c2ccnn2C)n1. The van der Waals surface area contributed by atoms with Crippen molar-refractivity contribution in [2.75, 3.05) is 0 Å². The van der Waals surface area contributed by atoms with Gasteiger partial charge in [-0.15, -0.1) is 0 Å². The van der Waals surface area contributed by atoms with Crippen molar-refractivity contribution in [1.82, 2.24) is 20.1 Å². The number of pyridine rings is 1. The summed E-state index contributed by atoms with van der Waals surface area (Å²) in [5.41, 5.74) is 6.20. The molecule has 0 unspecified atom stereocenters. The third-order valence-electron chi connectivity index (χ3n) is 4.76. The number of amides is 1. The van der Waals surface area contributed by atoms with Crippen molar-refractivity contribution in [3.05, 3.63) is 71.2 Å². The van der Waals surface area contributed by atoms with Gasteiger partial charge in [0.2, 0.25) is 0 Å². The zero-order chi connectivity index (χ0) is 17.4. The second-order valence-electron chi connectivity index (χ2n) is 6.48. The normalized spacial score (nSPS) is 15.8. The molecule has 2 aromatic heterocycles. The standard InChI is InChI=1S/C20H20N4O/c1-13-4-3-5-17(22-13)15-6-8-16-14(12-15)7-9-18(16)23-20(25)19-10-11-21-24(19)2/h3-6,8,10-12,18H,7,9H2,1-2H3,(H,23,25)/t18-/m1/s1. The first-order valence-corrected chi connectivity index (χ1v) is 8.47. The van der Waals surface area contributed by atoms with E-state index in [1.807, 2.05) is 25.1 Å². The Kier molecular flexibility index (Phi) is 3.84. The van der Waals surface area contributed by atoms with Crippen LogP contribution < -0.4 is 5.32 Å². The van der Waals surface area contributed by atoms with Crippen LogP contribution in [0.3, 0.4) is 0 Å². The van der Waals surface area contributed by atoms with E-state index in [9.17, 15) is 4.79 Å². The first-order chi connectivity index (χ1) is 12.1. The van der Waals surface area contributed by atoms with Crippen molar-refractivity contribution >= 4 is 5.91 Å². The van der Waals surface area contributed by atoms with E-state index in [1.54, 1.807) is 24.0 Å². The molecule has 0 fully saturated rings. The molecular weight excluding hydrogens is 312 g/mol. The van der Waals surface area contributed by atoms with E-state index in [4.69, 9.17) is 0 Å². The number of aromatic nitrogens is 3. The zero-order valence-electron chi connectivity index (χ0n) is 14.4. The van der Waals surface area contributed by atoms with Crippen LogP contribution in [0, 0.1) is 6.92 Å². The van der Waals surface area contributed by atoms with Gasteiger partial charge in [-0.2, -0.15) is 5.10 Å². The maximum Gasteiger partial charge on any atom is 0.270 e. The molecule has 4 rings (SSSR count). The van der Waals surface area contributed by atoms with Crippen molar-refractivity contribution < 1.29 is 4.79 Å².